The minimum absolute atomic E-state index is 0.0982. The Morgan fingerprint density at radius 3 is 1.02 bits per heavy atom. The summed E-state index contributed by atoms with van der Waals surface area (Å²) in [5.74, 6) is -1.57. The van der Waals surface area contributed by atoms with Crippen LogP contribution in [0.25, 0.3) is 0 Å². The Balaban J connectivity index is 4.79. The number of allylic oxidation sites excluding steroid dienone is 18. The fourth-order valence-electron chi connectivity index (χ4n) is 8.81. The van der Waals surface area contributed by atoms with Crippen LogP contribution in [0.15, 0.2) is 109 Å². The van der Waals surface area contributed by atoms with Gasteiger partial charge in [0.2, 0.25) is 0 Å². The summed E-state index contributed by atoms with van der Waals surface area (Å²) in [5, 5.41) is 9.86. The number of carbonyl (C=O) groups excluding carboxylic acids is 3. The van der Waals surface area contributed by atoms with Gasteiger partial charge in [-0.2, -0.15) is 0 Å². The lowest BCUT2D eigenvalue weighted by molar-refractivity contribution is -0.161. The molecule has 0 aromatic heterocycles. The molecule has 0 saturated heterocycles. The second kappa shape index (κ2) is 63.2. The van der Waals surface area contributed by atoms with Gasteiger partial charge in [-0.25, -0.2) is 4.57 Å². The van der Waals surface area contributed by atoms with E-state index in [0.717, 1.165) is 116 Å². The van der Waals surface area contributed by atoms with E-state index >= 15 is 0 Å². The predicted octanol–water partition coefficient (Wildman–Crippen LogP) is 20.1. The highest BCUT2D eigenvalue weighted by Crippen LogP contribution is 2.43. The molecule has 0 saturated carbocycles. The molecular formula is C70H119O11P. The highest BCUT2D eigenvalue weighted by molar-refractivity contribution is 7.47. The molecule has 11 nitrogen and oxygen atoms in total. The second-order valence-electron chi connectivity index (χ2n) is 21.5. The molecule has 0 heterocycles. The van der Waals surface area contributed by atoms with E-state index in [1.54, 1.807) is 0 Å². The molecule has 0 bridgehead atoms. The van der Waals surface area contributed by atoms with Gasteiger partial charge in [-0.05, 0) is 89.9 Å². The van der Waals surface area contributed by atoms with Crippen molar-refractivity contribution in [1.29, 1.82) is 0 Å². The lowest BCUT2D eigenvalue weighted by Crippen LogP contribution is -2.30. The van der Waals surface area contributed by atoms with E-state index in [-0.39, 0.29) is 25.9 Å². The SMILES string of the molecule is CC/C=C\C/C=C\C/C=C\C/C=C\C/C=C\C/C=C\CCC(=O)OCC(COP(=O)(O)OCC(CO)OC(=O)CCCCCCCCC/C=C\C/C=C\C/C=C\CC)OC(=O)CCCCCCCCCCCCCCCCCCCCC. The summed E-state index contributed by atoms with van der Waals surface area (Å²) in [6.07, 6.45) is 77.7. The molecule has 3 atom stereocenters. The van der Waals surface area contributed by atoms with E-state index in [2.05, 4.69) is 118 Å². The summed E-state index contributed by atoms with van der Waals surface area (Å²) in [6, 6.07) is 0. The van der Waals surface area contributed by atoms with Crippen LogP contribution in [-0.4, -0.2) is 66.5 Å². The molecule has 0 radical (unpaired) electrons. The molecule has 0 aliphatic heterocycles. The zero-order chi connectivity index (χ0) is 59.8. The molecule has 0 fully saturated rings. The van der Waals surface area contributed by atoms with Gasteiger partial charge < -0.3 is 24.2 Å². The van der Waals surface area contributed by atoms with Crippen molar-refractivity contribution in [3.63, 3.8) is 0 Å². The lowest BCUT2D eigenvalue weighted by Gasteiger charge is -2.21. The topological polar surface area (TPSA) is 155 Å². The summed E-state index contributed by atoms with van der Waals surface area (Å²) in [5.41, 5.74) is 0. The van der Waals surface area contributed by atoms with Crippen molar-refractivity contribution >= 4 is 25.7 Å². The van der Waals surface area contributed by atoms with Crippen LogP contribution in [0.1, 0.15) is 278 Å². The van der Waals surface area contributed by atoms with Crippen molar-refractivity contribution in [3.8, 4) is 0 Å². The Morgan fingerprint density at radius 1 is 0.354 bits per heavy atom. The molecule has 0 rings (SSSR count). The van der Waals surface area contributed by atoms with Gasteiger partial charge in [-0.1, -0.05) is 278 Å². The number of phosphoric acid groups is 1. The predicted molar refractivity (Wildman–Crippen MR) is 343 cm³/mol. The summed E-state index contributed by atoms with van der Waals surface area (Å²) in [6.45, 7) is 4.37. The van der Waals surface area contributed by atoms with Crippen LogP contribution < -0.4 is 0 Å². The lowest BCUT2D eigenvalue weighted by atomic mass is 10.0. The number of carbonyl (C=O) groups is 3. The maximum absolute atomic E-state index is 13.0. The van der Waals surface area contributed by atoms with Gasteiger partial charge >= 0.3 is 25.7 Å². The van der Waals surface area contributed by atoms with Crippen molar-refractivity contribution in [2.24, 2.45) is 0 Å². The molecule has 0 aliphatic rings. The smallest absolute Gasteiger partial charge is 0.462 e. The highest BCUT2D eigenvalue weighted by Gasteiger charge is 2.28. The first-order valence-electron chi connectivity index (χ1n) is 32.8. The average molecular weight is 1170 g/mol. The minimum Gasteiger partial charge on any atom is -0.462 e. The van der Waals surface area contributed by atoms with Crippen LogP contribution >= 0.6 is 7.82 Å². The van der Waals surface area contributed by atoms with Gasteiger partial charge in [-0.15, -0.1) is 0 Å². The first kappa shape index (κ1) is 78.1. The van der Waals surface area contributed by atoms with Gasteiger partial charge in [0.25, 0.3) is 0 Å². The third-order valence-corrected chi connectivity index (χ3v) is 14.7. The Kier molecular flexibility index (Phi) is 60.2. The Bertz CT molecular complexity index is 1790. The zero-order valence-corrected chi connectivity index (χ0v) is 53.1. The van der Waals surface area contributed by atoms with Gasteiger partial charge in [0.1, 0.15) is 12.7 Å². The number of ether oxygens (including phenoxy) is 3. The van der Waals surface area contributed by atoms with Crippen LogP contribution in [-0.2, 0) is 42.2 Å². The molecule has 2 N–H and O–H groups in total. The Labute approximate surface area is 501 Å². The summed E-state index contributed by atoms with van der Waals surface area (Å²) >= 11 is 0. The molecule has 3 unspecified atom stereocenters. The average Bonchev–Trinajstić information content (AvgIpc) is 3.47. The van der Waals surface area contributed by atoms with Crippen LogP contribution in [0.4, 0.5) is 0 Å². The fraction of sp³-hybridized carbons (Fsp3) is 0.700. The van der Waals surface area contributed by atoms with Crippen molar-refractivity contribution in [2.45, 2.75) is 290 Å². The standard InChI is InChI=1S/C70H119O11P/c1-4-7-10-13-16-19-22-25-28-31-33-36-38-41-44-47-50-53-56-59-68(72)77-63-67(81-70(74)61-58-55-52-49-46-43-40-37-34-32-29-26-23-20-17-14-11-8-5-2)65-79-82(75,76)78-64-66(62-71)80-69(73)60-57-54-51-48-45-42-39-35-30-27-24-21-18-15-12-9-6-3/h7,9-10,12,16,18-19,21,25,27-28,30,33,36,41,44,50,53,66-67,71H,4-6,8,11,13-15,17,20,22-24,26,29,31-32,34-35,37-40,42-43,45-49,51-52,54-65H2,1-3H3,(H,75,76)/b10-7-,12-9-,19-16-,21-18-,28-25-,30-27-,36-33-,44-41-,53-50-. The van der Waals surface area contributed by atoms with Crippen molar-refractivity contribution in [2.75, 3.05) is 26.4 Å². The normalized spacial score (nSPS) is 14.0. The maximum atomic E-state index is 13.0. The fourth-order valence-corrected chi connectivity index (χ4v) is 9.59. The largest absolute Gasteiger partial charge is 0.472 e. The molecule has 0 amide bonds. The van der Waals surface area contributed by atoms with E-state index in [1.165, 1.54) is 103 Å². The van der Waals surface area contributed by atoms with Gasteiger partial charge in [-0.3, -0.25) is 23.4 Å². The molecule has 82 heavy (non-hydrogen) atoms. The number of hydrogen-bond donors (Lipinski definition) is 2. The molecule has 0 aliphatic carbocycles. The number of aliphatic hydroxyl groups is 1. The van der Waals surface area contributed by atoms with Crippen molar-refractivity contribution in [3.05, 3.63) is 109 Å². The van der Waals surface area contributed by atoms with Crippen LogP contribution in [0.3, 0.4) is 0 Å². The quantitative estimate of drug-likeness (QED) is 0.0197. The van der Waals surface area contributed by atoms with Gasteiger partial charge in [0.05, 0.1) is 19.8 Å². The van der Waals surface area contributed by atoms with E-state index < -0.39 is 57.8 Å². The molecule has 0 spiro atoms. The first-order chi connectivity index (χ1) is 40.2. The van der Waals surface area contributed by atoms with Gasteiger partial charge in [0.15, 0.2) is 6.10 Å². The Hall–Kier alpha value is -3.86. The second-order valence-corrected chi connectivity index (χ2v) is 23.0. The van der Waals surface area contributed by atoms with E-state index in [0.29, 0.717) is 19.3 Å². The number of rotatable bonds is 60. The molecule has 0 aromatic carbocycles. The van der Waals surface area contributed by atoms with Crippen LogP contribution in [0, 0.1) is 0 Å². The monoisotopic (exact) mass is 1170 g/mol. The third-order valence-electron chi connectivity index (χ3n) is 13.7. The zero-order valence-electron chi connectivity index (χ0n) is 52.2. The summed E-state index contributed by atoms with van der Waals surface area (Å²) < 4.78 is 39.6. The maximum Gasteiger partial charge on any atom is 0.472 e. The van der Waals surface area contributed by atoms with E-state index in [4.69, 9.17) is 23.3 Å². The summed E-state index contributed by atoms with van der Waals surface area (Å²) in [7, 11) is -4.78. The third kappa shape index (κ3) is 60.7. The highest BCUT2D eigenvalue weighted by atomic mass is 31.2. The molecule has 12 heteroatoms. The number of unbranched alkanes of at least 4 members (excludes halogenated alkanes) is 25. The molecule has 0 aromatic rings. The molecule has 470 valence electrons. The molecular weight excluding hydrogens is 1050 g/mol. The number of aliphatic hydroxyl groups excluding tert-OH is 1. The summed E-state index contributed by atoms with van der Waals surface area (Å²) in [4.78, 5) is 48.8. The van der Waals surface area contributed by atoms with E-state index in [9.17, 15) is 28.9 Å². The number of esters is 3. The van der Waals surface area contributed by atoms with Crippen LogP contribution in [0.5, 0.6) is 0 Å². The van der Waals surface area contributed by atoms with Crippen molar-refractivity contribution in [1.82, 2.24) is 0 Å². The number of hydrogen-bond acceptors (Lipinski definition) is 10. The van der Waals surface area contributed by atoms with Crippen molar-refractivity contribution < 1.29 is 52.2 Å². The minimum atomic E-state index is -4.78. The van der Waals surface area contributed by atoms with Gasteiger partial charge in [0, 0.05) is 19.3 Å². The Morgan fingerprint density at radius 2 is 0.659 bits per heavy atom. The van der Waals surface area contributed by atoms with Crippen LogP contribution in [0.2, 0.25) is 0 Å². The number of phosphoric ester groups is 1. The van der Waals surface area contributed by atoms with E-state index in [1.807, 2.05) is 12.2 Å². The first-order valence-corrected chi connectivity index (χ1v) is 34.3.